The molecule has 2 N–H and O–H groups in total. The predicted octanol–water partition coefficient (Wildman–Crippen LogP) is 6.10. The highest BCUT2D eigenvalue weighted by Gasteiger charge is 2.39. The highest BCUT2D eigenvalue weighted by atomic mass is 19.4. The molecule has 0 aliphatic carbocycles. The molecule has 0 aliphatic heterocycles. The third-order valence-electron chi connectivity index (χ3n) is 3.82. The number of hydrogen-bond acceptors (Lipinski definition) is 4. The number of nitrogen functional groups attached to an aromatic ring is 1. The van der Waals surface area contributed by atoms with Crippen LogP contribution in [0.25, 0.3) is 11.1 Å². The van der Waals surface area contributed by atoms with E-state index in [-0.39, 0.29) is 0 Å². The van der Waals surface area contributed by atoms with E-state index < -0.39 is 17.5 Å². The number of benzene rings is 3. The van der Waals surface area contributed by atoms with Crippen molar-refractivity contribution >= 4 is 22.8 Å². The van der Waals surface area contributed by atoms with Gasteiger partial charge in [-0.25, -0.2) is 0 Å². The standard InChI is InChI=1S/C20H14F3N3O/c21-20(22,23)19(27)13-9-11-14(12-10-13)25-26-18-8-4-2-6-16(18)15-5-1-3-7-17(15)24/h1-12H,24H2/b26-25+. The Morgan fingerprint density at radius 3 is 2.00 bits per heavy atom. The van der Waals surface area contributed by atoms with Gasteiger partial charge in [0.25, 0.3) is 5.78 Å². The van der Waals surface area contributed by atoms with Crippen LogP contribution in [-0.2, 0) is 0 Å². The number of rotatable bonds is 4. The lowest BCUT2D eigenvalue weighted by Crippen LogP contribution is -2.22. The summed E-state index contributed by atoms with van der Waals surface area (Å²) in [5, 5.41) is 8.23. The normalized spacial score (nSPS) is 11.7. The summed E-state index contributed by atoms with van der Waals surface area (Å²) in [5.41, 5.74) is 8.63. The molecule has 0 heterocycles. The van der Waals surface area contributed by atoms with Crippen molar-refractivity contribution in [3.63, 3.8) is 0 Å². The highest BCUT2D eigenvalue weighted by Crippen LogP contribution is 2.34. The minimum atomic E-state index is -4.91. The molecule has 0 amide bonds. The molecule has 0 unspecified atom stereocenters. The number of halogens is 3. The summed E-state index contributed by atoms with van der Waals surface area (Å²) < 4.78 is 37.3. The van der Waals surface area contributed by atoms with E-state index in [0.29, 0.717) is 17.1 Å². The first kappa shape index (κ1) is 18.3. The Balaban J connectivity index is 1.88. The third-order valence-corrected chi connectivity index (χ3v) is 3.82. The number of carbonyl (C=O) groups is 1. The molecule has 27 heavy (non-hydrogen) atoms. The second-order valence-electron chi connectivity index (χ2n) is 5.68. The Hall–Kier alpha value is -3.48. The number of anilines is 1. The van der Waals surface area contributed by atoms with Gasteiger partial charge < -0.3 is 5.73 Å². The van der Waals surface area contributed by atoms with Crippen LogP contribution in [0.5, 0.6) is 0 Å². The summed E-state index contributed by atoms with van der Waals surface area (Å²) in [6.07, 6.45) is -4.91. The molecule has 0 aromatic heterocycles. The summed E-state index contributed by atoms with van der Waals surface area (Å²) in [6.45, 7) is 0. The molecular weight excluding hydrogens is 355 g/mol. The summed E-state index contributed by atoms with van der Waals surface area (Å²) >= 11 is 0. The van der Waals surface area contributed by atoms with E-state index in [1.807, 2.05) is 30.3 Å². The first-order valence-corrected chi connectivity index (χ1v) is 7.93. The molecule has 0 radical (unpaired) electrons. The number of hydrogen-bond donors (Lipinski definition) is 1. The van der Waals surface area contributed by atoms with Crippen LogP contribution in [0, 0.1) is 0 Å². The molecule has 136 valence electrons. The van der Waals surface area contributed by atoms with Crippen LogP contribution in [0.4, 0.5) is 30.2 Å². The molecular formula is C20H14F3N3O. The van der Waals surface area contributed by atoms with Crippen LogP contribution in [0.2, 0.25) is 0 Å². The molecule has 3 rings (SSSR count). The molecule has 0 fully saturated rings. The van der Waals surface area contributed by atoms with Crippen molar-refractivity contribution in [3.8, 4) is 11.1 Å². The van der Waals surface area contributed by atoms with Crippen LogP contribution >= 0.6 is 0 Å². The lowest BCUT2D eigenvalue weighted by atomic mass is 10.0. The molecule has 3 aromatic rings. The Bertz CT molecular complexity index is 996. The lowest BCUT2D eigenvalue weighted by molar-refractivity contribution is -0.0885. The summed E-state index contributed by atoms with van der Waals surface area (Å²) in [6, 6.07) is 19.3. The monoisotopic (exact) mass is 369 g/mol. The van der Waals surface area contributed by atoms with Gasteiger partial charge in [0.1, 0.15) is 0 Å². The maximum absolute atomic E-state index is 12.4. The van der Waals surface area contributed by atoms with Crippen molar-refractivity contribution in [1.82, 2.24) is 0 Å². The number of nitrogens with zero attached hydrogens (tertiary/aromatic N) is 2. The molecule has 0 saturated carbocycles. The molecule has 0 atom stereocenters. The van der Waals surface area contributed by atoms with E-state index in [0.717, 1.165) is 23.3 Å². The van der Waals surface area contributed by atoms with Crippen molar-refractivity contribution in [2.75, 3.05) is 5.73 Å². The number of para-hydroxylation sites is 1. The first-order chi connectivity index (χ1) is 12.9. The maximum Gasteiger partial charge on any atom is 0.454 e. The zero-order valence-corrected chi connectivity index (χ0v) is 13.9. The predicted molar refractivity (Wildman–Crippen MR) is 97.3 cm³/mol. The molecule has 3 aromatic carbocycles. The van der Waals surface area contributed by atoms with Gasteiger partial charge in [0.15, 0.2) is 0 Å². The number of alkyl halides is 3. The Morgan fingerprint density at radius 2 is 1.37 bits per heavy atom. The number of azo groups is 1. The van der Waals surface area contributed by atoms with E-state index in [1.54, 1.807) is 18.2 Å². The Labute approximate surface area is 153 Å². The van der Waals surface area contributed by atoms with Crippen molar-refractivity contribution in [2.24, 2.45) is 10.2 Å². The topological polar surface area (TPSA) is 67.8 Å². The number of nitrogens with two attached hydrogens (primary N) is 1. The third kappa shape index (κ3) is 4.20. The van der Waals surface area contributed by atoms with Crippen molar-refractivity contribution in [3.05, 3.63) is 78.4 Å². The van der Waals surface area contributed by atoms with Gasteiger partial charge in [-0.3, -0.25) is 4.79 Å². The average Bonchev–Trinajstić information content (AvgIpc) is 2.66. The summed E-state index contributed by atoms with van der Waals surface area (Å²) in [7, 11) is 0. The molecule has 0 saturated heterocycles. The minimum Gasteiger partial charge on any atom is -0.398 e. The van der Waals surface area contributed by atoms with Crippen LogP contribution in [0.1, 0.15) is 10.4 Å². The van der Waals surface area contributed by atoms with Crippen LogP contribution in [0.15, 0.2) is 83.0 Å². The van der Waals surface area contributed by atoms with Crippen molar-refractivity contribution in [1.29, 1.82) is 0 Å². The van der Waals surface area contributed by atoms with Gasteiger partial charge in [-0.1, -0.05) is 36.4 Å². The van der Waals surface area contributed by atoms with Gasteiger partial charge in [0, 0.05) is 22.4 Å². The number of carbonyl (C=O) groups excluding carboxylic acids is 1. The largest absolute Gasteiger partial charge is 0.454 e. The molecule has 0 aliphatic rings. The maximum atomic E-state index is 12.4. The van der Waals surface area contributed by atoms with Gasteiger partial charge in [0.2, 0.25) is 0 Å². The fourth-order valence-electron chi connectivity index (χ4n) is 2.49. The first-order valence-electron chi connectivity index (χ1n) is 7.93. The summed E-state index contributed by atoms with van der Waals surface area (Å²) in [4.78, 5) is 11.2. The fraction of sp³-hybridized carbons (Fsp3) is 0.0500. The molecule has 0 spiro atoms. The van der Waals surface area contributed by atoms with Gasteiger partial charge in [-0.05, 0) is 36.4 Å². The van der Waals surface area contributed by atoms with Crippen molar-refractivity contribution in [2.45, 2.75) is 6.18 Å². The summed E-state index contributed by atoms with van der Waals surface area (Å²) in [5.74, 6) is -1.89. The van der Waals surface area contributed by atoms with Gasteiger partial charge in [0.05, 0.1) is 11.4 Å². The minimum absolute atomic E-state index is 0.324. The van der Waals surface area contributed by atoms with E-state index in [9.17, 15) is 18.0 Å². The van der Waals surface area contributed by atoms with E-state index in [4.69, 9.17) is 5.73 Å². The quantitative estimate of drug-likeness (QED) is 0.343. The van der Waals surface area contributed by atoms with E-state index >= 15 is 0 Å². The second-order valence-corrected chi connectivity index (χ2v) is 5.68. The fourth-order valence-corrected chi connectivity index (χ4v) is 2.49. The van der Waals surface area contributed by atoms with Gasteiger partial charge >= 0.3 is 6.18 Å². The lowest BCUT2D eigenvalue weighted by Gasteiger charge is -2.08. The van der Waals surface area contributed by atoms with Crippen molar-refractivity contribution < 1.29 is 18.0 Å². The van der Waals surface area contributed by atoms with Crippen LogP contribution in [-0.4, -0.2) is 12.0 Å². The van der Waals surface area contributed by atoms with Gasteiger partial charge in [-0.15, -0.1) is 5.11 Å². The van der Waals surface area contributed by atoms with Crippen LogP contribution < -0.4 is 5.73 Å². The second kappa shape index (κ2) is 7.41. The van der Waals surface area contributed by atoms with Crippen LogP contribution in [0.3, 0.4) is 0 Å². The highest BCUT2D eigenvalue weighted by molar-refractivity contribution is 6.00. The number of Topliss-reactive ketones (excluding diaryl/α,β-unsaturated/α-hetero) is 1. The SMILES string of the molecule is Nc1ccccc1-c1ccccc1/N=N/c1ccc(C(=O)C(F)(F)F)cc1. The van der Waals surface area contributed by atoms with E-state index in [1.165, 1.54) is 12.1 Å². The number of ketones is 1. The molecule has 0 bridgehead atoms. The van der Waals surface area contributed by atoms with Gasteiger partial charge in [-0.2, -0.15) is 18.3 Å². The zero-order chi connectivity index (χ0) is 19.4. The average molecular weight is 369 g/mol. The Morgan fingerprint density at radius 1 is 0.778 bits per heavy atom. The Kier molecular flexibility index (Phi) is 5.03. The molecule has 7 heteroatoms. The molecule has 4 nitrogen and oxygen atoms in total. The smallest absolute Gasteiger partial charge is 0.398 e. The zero-order valence-electron chi connectivity index (χ0n) is 13.9. The van der Waals surface area contributed by atoms with E-state index in [2.05, 4.69) is 10.2 Å².